The van der Waals surface area contributed by atoms with Gasteiger partial charge in [0.25, 0.3) is 0 Å². The SMILES string of the molecule is CCC1CCCCN1c1ncnc(NC23CC4CC(CC(C4)C2)C3)c1N. The van der Waals surface area contributed by atoms with Crippen molar-refractivity contribution in [2.24, 2.45) is 17.8 Å². The molecule has 5 fully saturated rings. The standard InChI is InChI=1S/C21H33N5/c1-2-17-5-3-4-6-26(17)20-18(22)19(23-13-24-20)25-21-10-14-7-15(11-21)9-16(8-14)12-21/h13-17H,2-12,22H2,1H3,(H,23,24,25). The molecule has 4 saturated carbocycles. The Bertz CT molecular complexity index is 637. The van der Waals surface area contributed by atoms with Crippen LogP contribution in [-0.2, 0) is 0 Å². The lowest BCUT2D eigenvalue weighted by Crippen LogP contribution is -2.55. The van der Waals surface area contributed by atoms with Crippen LogP contribution in [0, 0.1) is 17.8 Å². The van der Waals surface area contributed by atoms with Crippen molar-refractivity contribution in [2.75, 3.05) is 22.5 Å². The maximum absolute atomic E-state index is 6.63. The van der Waals surface area contributed by atoms with Gasteiger partial charge in [-0.1, -0.05) is 6.92 Å². The van der Waals surface area contributed by atoms with Gasteiger partial charge >= 0.3 is 0 Å². The number of hydrogen-bond acceptors (Lipinski definition) is 5. The fourth-order valence-corrected chi connectivity index (χ4v) is 6.93. The van der Waals surface area contributed by atoms with E-state index in [9.17, 15) is 0 Å². The minimum atomic E-state index is 0.237. The van der Waals surface area contributed by atoms with Crippen LogP contribution in [0.2, 0.25) is 0 Å². The van der Waals surface area contributed by atoms with Gasteiger partial charge in [-0.15, -0.1) is 0 Å². The number of nitrogens with zero attached hydrogens (tertiary/aromatic N) is 3. The highest BCUT2D eigenvalue weighted by Gasteiger charge is 2.51. The predicted octanol–water partition coefficient (Wildman–Crippen LogP) is 4.21. The van der Waals surface area contributed by atoms with E-state index in [1.165, 1.54) is 57.8 Å². The lowest BCUT2D eigenvalue weighted by atomic mass is 9.53. The lowest BCUT2D eigenvalue weighted by Gasteiger charge is -2.57. The molecule has 2 heterocycles. The second-order valence-electron chi connectivity index (χ2n) is 9.53. The van der Waals surface area contributed by atoms with E-state index < -0.39 is 0 Å². The van der Waals surface area contributed by atoms with E-state index in [1.807, 2.05) is 0 Å². The maximum Gasteiger partial charge on any atom is 0.157 e. The summed E-state index contributed by atoms with van der Waals surface area (Å²) in [6.45, 7) is 3.34. The molecule has 0 spiro atoms. The second-order valence-corrected chi connectivity index (χ2v) is 9.53. The summed E-state index contributed by atoms with van der Waals surface area (Å²) in [7, 11) is 0. The third kappa shape index (κ3) is 2.74. The van der Waals surface area contributed by atoms with Crippen LogP contribution < -0.4 is 16.0 Å². The van der Waals surface area contributed by atoms with E-state index in [-0.39, 0.29) is 5.54 Å². The maximum atomic E-state index is 6.63. The first-order chi connectivity index (χ1) is 12.7. The van der Waals surface area contributed by atoms with Crippen molar-refractivity contribution in [1.82, 2.24) is 9.97 Å². The summed E-state index contributed by atoms with van der Waals surface area (Å²) < 4.78 is 0. The van der Waals surface area contributed by atoms with Crippen LogP contribution in [0.25, 0.3) is 0 Å². The summed E-state index contributed by atoms with van der Waals surface area (Å²) in [5, 5.41) is 3.86. The smallest absolute Gasteiger partial charge is 0.157 e. The lowest BCUT2D eigenvalue weighted by molar-refractivity contribution is 0.0106. The molecule has 5 nitrogen and oxygen atoms in total. The van der Waals surface area contributed by atoms with Crippen LogP contribution in [0.5, 0.6) is 0 Å². The molecule has 0 radical (unpaired) electrons. The van der Waals surface area contributed by atoms with Crippen LogP contribution >= 0.6 is 0 Å². The number of nitrogen functional groups attached to an aromatic ring is 1. The molecule has 6 rings (SSSR count). The predicted molar refractivity (Wildman–Crippen MR) is 106 cm³/mol. The van der Waals surface area contributed by atoms with E-state index in [1.54, 1.807) is 6.33 Å². The Morgan fingerprint density at radius 2 is 1.81 bits per heavy atom. The van der Waals surface area contributed by atoms with E-state index >= 15 is 0 Å². The van der Waals surface area contributed by atoms with Gasteiger partial charge in [0.15, 0.2) is 11.6 Å². The zero-order chi connectivity index (χ0) is 17.7. The fraction of sp³-hybridized carbons (Fsp3) is 0.810. The topological polar surface area (TPSA) is 67.1 Å². The molecule has 5 aliphatic rings. The summed E-state index contributed by atoms with van der Waals surface area (Å²) in [4.78, 5) is 11.6. The normalized spacial score (nSPS) is 38.6. The van der Waals surface area contributed by atoms with E-state index in [4.69, 9.17) is 5.73 Å². The molecular formula is C21H33N5. The van der Waals surface area contributed by atoms with Crippen molar-refractivity contribution < 1.29 is 0 Å². The van der Waals surface area contributed by atoms with Gasteiger partial charge in [-0.05, 0) is 82.0 Å². The molecule has 1 atom stereocenters. The molecule has 1 aliphatic heterocycles. The van der Waals surface area contributed by atoms with Crippen LogP contribution in [-0.4, -0.2) is 28.1 Å². The summed E-state index contributed by atoms with van der Waals surface area (Å²) >= 11 is 0. The highest BCUT2D eigenvalue weighted by atomic mass is 15.2. The van der Waals surface area contributed by atoms with Gasteiger partial charge in [0.1, 0.15) is 12.0 Å². The number of rotatable bonds is 4. The monoisotopic (exact) mass is 355 g/mol. The van der Waals surface area contributed by atoms with Crippen LogP contribution in [0.3, 0.4) is 0 Å². The van der Waals surface area contributed by atoms with Gasteiger partial charge in [0, 0.05) is 18.1 Å². The zero-order valence-corrected chi connectivity index (χ0v) is 16.1. The molecule has 142 valence electrons. The number of nitrogens with one attached hydrogen (secondary N) is 1. The number of piperidine rings is 1. The summed E-state index contributed by atoms with van der Waals surface area (Å²) in [5.74, 6) is 4.60. The van der Waals surface area contributed by atoms with Gasteiger partial charge in [-0.3, -0.25) is 0 Å². The highest BCUT2D eigenvalue weighted by molar-refractivity contribution is 5.75. The Labute approximate surface area is 157 Å². The van der Waals surface area contributed by atoms with Crippen molar-refractivity contribution >= 4 is 17.3 Å². The Morgan fingerprint density at radius 1 is 1.12 bits per heavy atom. The number of nitrogens with two attached hydrogens (primary N) is 1. The van der Waals surface area contributed by atoms with Gasteiger partial charge in [0.05, 0.1) is 0 Å². The summed E-state index contributed by atoms with van der Waals surface area (Å²) in [6, 6.07) is 0.563. The van der Waals surface area contributed by atoms with Crippen molar-refractivity contribution in [3.05, 3.63) is 6.33 Å². The van der Waals surface area contributed by atoms with Crippen molar-refractivity contribution in [2.45, 2.75) is 82.7 Å². The third-order valence-corrected chi connectivity index (χ3v) is 7.66. The van der Waals surface area contributed by atoms with Crippen molar-refractivity contribution in [1.29, 1.82) is 0 Å². The molecule has 1 unspecified atom stereocenters. The number of anilines is 3. The average Bonchev–Trinajstić information content (AvgIpc) is 2.62. The average molecular weight is 356 g/mol. The van der Waals surface area contributed by atoms with Gasteiger partial charge in [0.2, 0.25) is 0 Å². The molecule has 1 aromatic heterocycles. The van der Waals surface area contributed by atoms with E-state index in [0.717, 1.165) is 48.0 Å². The minimum Gasteiger partial charge on any atom is -0.393 e. The Morgan fingerprint density at radius 3 is 2.46 bits per heavy atom. The van der Waals surface area contributed by atoms with Gasteiger partial charge in [-0.25, -0.2) is 9.97 Å². The number of hydrogen-bond donors (Lipinski definition) is 2. The van der Waals surface area contributed by atoms with Crippen LogP contribution in [0.4, 0.5) is 17.3 Å². The quantitative estimate of drug-likeness (QED) is 0.847. The first-order valence-corrected chi connectivity index (χ1v) is 10.8. The molecule has 1 aromatic rings. The van der Waals surface area contributed by atoms with Crippen LogP contribution in [0.15, 0.2) is 6.33 Å². The molecular weight excluding hydrogens is 322 g/mol. The van der Waals surface area contributed by atoms with E-state index in [2.05, 4.69) is 27.1 Å². The van der Waals surface area contributed by atoms with Crippen LogP contribution in [0.1, 0.15) is 71.1 Å². The van der Waals surface area contributed by atoms with E-state index in [0.29, 0.717) is 6.04 Å². The zero-order valence-electron chi connectivity index (χ0n) is 16.1. The third-order valence-electron chi connectivity index (χ3n) is 7.66. The molecule has 3 N–H and O–H groups in total. The molecule has 4 aliphatic carbocycles. The molecule has 5 heteroatoms. The van der Waals surface area contributed by atoms with Gasteiger partial charge in [-0.2, -0.15) is 0 Å². The Balaban J connectivity index is 1.42. The van der Waals surface area contributed by atoms with Crippen molar-refractivity contribution in [3.63, 3.8) is 0 Å². The fourth-order valence-electron chi connectivity index (χ4n) is 6.93. The van der Waals surface area contributed by atoms with Crippen molar-refractivity contribution in [3.8, 4) is 0 Å². The first-order valence-electron chi connectivity index (χ1n) is 10.8. The second kappa shape index (κ2) is 6.28. The highest BCUT2D eigenvalue weighted by Crippen LogP contribution is 2.56. The summed E-state index contributed by atoms with van der Waals surface area (Å²) in [6.07, 6.45) is 15.0. The molecule has 26 heavy (non-hydrogen) atoms. The summed E-state index contributed by atoms with van der Waals surface area (Å²) in [5.41, 5.74) is 7.64. The molecule has 0 aromatic carbocycles. The number of aromatic nitrogens is 2. The molecule has 1 saturated heterocycles. The molecule has 0 amide bonds. The first kappa shape index (κ1) is 16.6. The van der Waals surface area contributed by atoms with Gasteiger partial charge < -0.3 is 16.0 Å². The minimum absolute atomic E-state index is 0.237. The largest absolute Gasteiger partial charge is 0.393 e. The Kier molecular flexibility index (Phi) is 4.02. The molecule has 4 bridgehead atoms. The Hall–Kier alpha value is -1.52.